The number of ketones is 1. The van der Waals surface area contributed by atoms with Crippen LogP contribution < -0.4 is 20.7 Å². The lowest BCUT2D eigenvalue weighted by Crippen LogP contribution is -2.57. The summed E-state index contributed by atoms with van der Waals surface area (Å²) in [7, 11) is 1.54. The number of methoxy groups -OCH3 is 1. The number of amides is 3. The van der Waals surface area contributed by atoms with Crippen LogP contribution in [0.5, 0.6) is 5.75 Å². The van der Waals surface area contributed by atoms with E-state index in [1.807, 2.05) is 30.3 Å². The fraction of sp³-hybridized carbons (Fsp3) is 0.385. The van der Waals surface area contributed by atoms with Crippen LogP contribution in [0.1, 0.15) is 25.0 Å². The van der Waals surface area contributed by atoms with Gasteiger partial charge in [-0.05, 0) is 43.5 Å². The number of Topliss-reactive ketones (excluding diaryl/α,β-unsaturated/α-hetero) is 1. The van der Waals surface area contributed by atoms with Gasteiger partial charge in [0.15, 0.2) is 5.78 Å². The van der Waals surface area contributed by atoms with Crippen LogP contribution in [-0.4, -0.2) is 66.2 Å². The Morgan fingerprint density at radius 2 is 1.47 bits per heavy atom. The summed E-state index contributed by atoms with van der Waals surface area (Å²) in [5.41, 5.74) is 0.635. The maximum absolute atomic E-state index is 13.4. The van der Waals surface area contributed by atoms with E-state index in [9.17, 15) is 19.2 Å². The van der Waals surface area contributed by atoms with Crippen molar-refractivity contribution in [1.29, 1.82) is 0 Å². The molecule has 0 unspecified atom stereocenters. The first-order valence-electron chi connectivity index (χ1n) is 11.6. The molecule has 1 saturated heterocycles. The van der Waals surface area contributed by atoms with Gasteiger partial charge in [0.05, 0.1) is 19.8 Å². The van der Waals surface area contributed by atoms with E-state index in [0.29, 0.717) is 5.75 Å². The largest absolute Gasteiger partial charge is 0.497 e. The molecule has 3 amide bonds. The third kappa shape index (κ3) is 7.29. The van der Waals surface area contributed by atoms with Gasteiger partial charge >= 0.3 is 6.09 Å². The number of carbonyl (C=O) groups excluding carboxylic acids is 3. The van der Waals surface area contributed by atoms with Gasteiger partial charge in [-0.25, -0.2) is 4.79 Å². The van der Waals surface area contributed by atoms with E-state index in [-0.39, 0.29) is 25.2 Å². The summed E-state index contributed by atoms with van der Waals surface area (Å²) in [5, 5.41) is 16.4. The van der Waals surface area contributed by atoms with Gasteiger partial charge in [-0.1, -0.05) is 42.5 Å². The number of rotatable bonds is 12. The average Bonchev–Trinajstić information content (AvgIpc) is 3.61. The zero-order chi connectivity index (χ0) is 26.3. The van der Waals surface area contributed by atoms with Gasteiger partial charge in [0.25, 0.3) is 0 Å². The van der Waals surface area contributed by atoms with Gasteiger partial charge in [0.1, 0.15) is 23.4 Å². The van der Waals surface area contributed by atoms with E-state index in [1.54, 1.807) is 31.2 Å². The molecule has 10 heteroatoms. The van der Waals surface area contributed by atoms with Gasteiger partial charge in [-0.15, -0.1) is 0 Å². The summed E-state index contributed by atoms with van der Waals surface area (Å²) < 4.78 is 10.5. The quantitative estimate of drug-likeness (QED) is 0.325. The predicted molar refractivity (Wildman–Crippen MR) is 131 cm³/mol. The zero-order valence-corrected chi connectivity index (χ0v) is 20.4. The van der Waals surface area contributed by atoms with E-state index in [4.69, 9.17) is 14.6 Å². The first-order chi connectivity index (χ1) is 17.1. The van der Waals surface area contributed by atoms with Crippen molar-refractivity contribution in [1.82, 2.24) is 16.0 Å². The zero-order valence-electron chi connectivity index (χ0n) is 20.4. The molecule has 0 bridgehead atoms. The molecule has 192 valence electrons. The highest BCUT2D eigenvalue weighted by molar-refractivity contribution is 5.98. The molecular weight excluding hydrogens is 466 g/mol. The van der Waals surface area contributed by atoms with Gasteiger partial charge in [0, 0.05) is 6.42 Å². The van der Waals surface area contributed by atoms with Crippen molar-refractivity contribution in [2.45, 2.75) is 50.4 Å². The Morgan fingerprint density at radius 1 is 0.917 bits per heavy atom. The molecule has 36 heavy (non-hydrogen) atoms. The topological polar surface area (TPSA) is 146 Å². The van der Waals surface area contributed by atoms with Crippen molar-refractivity contribution >= 4 is 23.7 Å². The summed E-state index contributed by atoms with van der Waals surface area (Å²) in [5.74, 6) is -0.862. The van der Waals surface area contributed by atoms with Crippen molar-refractivity contribution in [2.24, 2.45) is 0 Å². The molecule has 1 aliphatic rings. The maximum atomic E-state index is 13.4. The second kappa shape index (κ2) is 11.7. The number of hydrogen-bond acceptors (Lipinski definition) is 6. The molecule has 0 aliphatic carbocycles. The van der Waals surface area contributed by atoms with E-state index in [0.717, 1.165) is 11.1 Å². The van der Waals surface area contributed by atoms with Crippen molar-refractivity contribution < 1.29 is 33.8 Å². The van der Waals surface area contributed by atoms with E-state index in [1.165, 1.54) is 14.0 Å². The highest BCUT2D eigenvalue weighted by Gasteiger charge is 2.50. The van der Waals surface area contributed by atoms with Crippen molar-refractivity contribution in [3.8, 4) is 5.75 Å². The fourth-order valence-electron chi connectivity index (χ4n) is 3.70. The van der Waals surface area contributed by atoms with Crippen LogP contribution in [0.25, 0.3) is 0 Å². The van der Waals surface area contributed by atoms with Crippen LogP contribution >= 0.6 is 0 Å². The molecule has 3 rings (SSSR count). The molecule has 0 saturated carbocycles. The SMILES string of the molecule is COc1ccc(C[C@H](NC(=O)[C@H](C)NC(=O)O)C(=O)N[C@@H](Cc2ccccc2)C(=O)[C@@]2(C)CO2)cc1. The standard InChI is InChI=1S/C26H31N3O7/c1-16(27-25(33)34)23(31)29-21(14-18-9-11-19(35-3)12-10-18)24(32)28-20(22(30)26(2)15-36-26)13-17-7-5-4-6-8-17/h4-12,16,20-21,27H,13-15H2,1-3H3,(H,28,32)(H,29,31)(H,33,34)/t16-,20-,21-,26+/m0/s1. The van der Waals surface area contributed by atoms with Gasteiger partial charge in [-0.2, -0.15) is 0 Å². The summed E-state index contributed by atoms with van der Waals surface area (Å²) >= 11 is 0. The normalized spacial score (nSPS) is 18.8. The van der Waals surface area contributed by atoms with Crippen LogP contribution in [0.2, 0.25) is 0 Å². The molecule has 4 N–H and O–H groups in total. The summed E-state index contributed by atoms with van der Waals surface area (Å²) in [6.45, 7) is 3.32. The van der Waals surface area contributed by atoms with Gasteiger partial charge in [0.2, 0.25) is 11.8 Å². The van der Waals surface area contributed by atoms with Crippen LogP contribution in [0, 0.1) is 0 Å². The lowest BCUT2D eigenvalue weighted by Gasteiger charge is -2.25. The minimum atomic E-state index is -1.36. The second-order valence-electron chi connectivity index (χ2n) is 8.92. The number of carbonyl (C=O) groups is 4. The summed E-state index contributed by atoms with van der Waals surface area (Å²) in [4.78, 5) is 50.2. The smallest absolute Gasteiger partial charge is 0.405 e. The van der Waals surface area contributed by atoms with Crippen molar-refractivity contribution in [3.63, 3.8) is 0 Å². The lowest BCUT2D eigenvalue weighted by molar-refractivity contribution is -0.133. The van der Waals surface area contributed by atoms with Crippen LogP contribution in [0.3, 0.4) is 0 Å². The molecule has 1 fully saturated rings. The molecule has 0 spiro atoms. The van der Waals surface area contributed by atoms with Crippen LogP contribution in [0.4, 0.5) is 4.79 Å². The number of carboxylic acid groups (broad SMARTS) is 1. The highest BCUT2D eigenvalue weighted by atomic mass is 16.6. The molecule has 0 aromatic heterocycles. The molecule has 2 aromatic rings. The van der Waals surface area contributed by atoms with Crippen molar-refractivity contribution in [2.75, 3.05) is 13.7 Å². The monoisotopic (exact) mass is 497 g/mol. The molecule has 4 atom stereocenters. The van der Waals surface area contributed by atoms with Crippen molar-refractivity contribution in [3.05, 3.63) is 65.7 Å². The summed E-state index contributed by atoms with van der Waals surface area (Å²) in [6.07, 6.45) is -0.994. The number of nitrogens with one attached hydrogen (secondary N) is 3. The lowest BCUT2D eigenvalue weighted by atomic mass is 9.94. The molecule has 1 heterocycles. The van der Waals surface area contributed by atoms with E-state index >= 15 is 0 Å². The Morgan fingerprint density at radius 3 is 2.03 bits per heavy atom. The Labute approximate surface area is 209 Å². The number of hydrogen-bond donors (Lipinski definition) is 4. The Hall–Kier alpha value is -3.92. The number of epoxide rings is 1. The van der Waals surface area contributed by atoms with Gasteiger partial charge in [-0.3, -0.25) is 14.4 Å². The Kier molecular flexibility index (Phi) is 8.65. The van der Waals surface area contributed by atoms with Crippen LogP contribution in [-0.2, 0) is 32.0 Å². The number of ether oxygens (including phenoxy) is 2. The van der Waals surface area contributed by atoms with Gasteiger partial charge < -0.3 is 30.5 Å². The molecule has 2 aromatic carbocycles. The third-order valence-corrected chi connectivity index (χ3v) is 5.98. The molecule has 10 nitrogen and oxygen atoms in total. The molecular formula is C26H31N3O7. The Balaban J connectivity index is 1.81. The predicted octanol–water partition coefficient (Wildman–Crippen LogP) is 1.46. The maximum Gasteiger partial charge on any atom is 0.405 e. The fourth-order valence-corrected chi connectivity index (χ4v) is 3.70. The van der Waals surface area contributed by atoms with Crippen LogP contribution in [0.15, 0.2) is 54.6 Å². The second-order valence-corrected chi connectivity index (χ2v) is 8.92. The first-order valence-corrected chi connectivity index (χ1v) is 11.6. The minimum Gasteiger partial charge on any atom is -0.497 e. The highest BCUT2D eigenvalue weighted by Crippen LogP contribution is 2.29. The number of benzene rings is 2. The molecule has 1 aliphatic heterocycles. The van der Waals surface area contributed by atoms with E-state index in [2.05, 4.69) is 16.0 Å². The Bertz CT molecular complexity index is 1080. The minimum absolute atomic E-state index is 0.112. The summed E-state index contributed by atoms with van der Waals surface area (Å²) in [6, 6.07) is 13.2. The first kappa shape index (κ1) is 26.7. The third-order valence-electron chi connectivity index (χ3n) is 5.98. The molecule has 0 radical (unpaired) electrons. The van der Waals surface area contributed by atoms with E-state index < -0.39 is 41.6 Å². The average molecular weight is 498 g/mol.